The molecule has 0 radical (unpaired) electrons. The molecule has 2 N–H and O–H groups in total. The maximum Gasteiger partial charge on any atom is 0.490 e. The van der Waals surface area contributed by atoms with E-state index in [-0.39, 0.29) is 0 Å². The van der Waals surface area contributed by atoms with E-state index >= 15 is 0 Å². The van der Waals surface area contributed by atoms with Crippen molar-refractivity contribution >= 4 is 18.1 Å². The minimum Gasteiger partial charge on any atom is -0.423 e. The van der Waals surface area contributed by atoms with Crippen LogP contribution in [0.25, 0.3) is 5.52 Å². The predicted octanol–water partition coefficient (Wildman–Crippen LogP) is -0.381. The highest BCUT2D eigenvalue weighted by Gasteiger charge is 2.13. The van der Waals surface area contributed by atoms with Crippen LogP contribution in [0.4, 0.5) is 0 Å². The second-order valence-corrected chi connectivity index (χ2v) is 2.64. The molecule has 0 bridgehead atoms. The van der Waals surface area contributed by atoms with Gasteiger partial charge in [0.1, 0.15) is 0 Å². The first-order valence-corrected chi connectivity index (χ1v) is 3.71. The largest absolute Gasteiger partial charge is 0.490 e. The molecule has 2 rings (SSSR count). The van der Waals surface area contributed by atoms with Gasteiger partial charge < -0.3 is 14.4 Å². The molecule has 0 atom stereocenters. The molecule has 0 aliphatic carbocycles. The molecule has 4 heteroatoms. The van der Waals surface area contributed by atoms with E-state index in [0.29, 0.717) is 5.46 Å². The molecule has 0 spiro atoms. The van der Waals surface area contributed by atoms with E-state index in [1.165, 1.54) is 0 Å². The number of hydrogen-bond acceptors (Lipinski definition) is 2. The van der Waals surface area contributed by atoms with Crippen LogP contribution in [-0.4, -0.2) is 21.6 Å². The number of fused-ring (bicyclic) bond motifs is 1. The Labute approximate surface area is 70.0 Å². The highest BCUT2D eigenvalue weighted by atomic mass is 16.4. The lowest BCUT2D eigenvalue weighted by Crippen LogP contribution is -2.30. The van der Waals surface area contributed by atoms with Crippen LogP contribution >= 0.6 is 0 Å². The number of aromatic nitrogens is 1. The van der Waals surface area contributed by atoms with Gasteiger partial charge in [-0.1, -0.05) is 6.07 Å². The number of nitrogens with zero attached hydrogens (tertiary/aromatic N) is 1. The number of pyridine rings is 1. The molecule has 2 aromatic heterocycles. The Balaban J connectivity index is 2.73. The lowest BCUT2D eigenvalue weighted by Gasteiger charge is -2.01. The van der Waals surface area contributed by atoms with Crippen molar-refractivity contribution < 1.29 is 10.0 Å². The van der Waals surface area contributed by atoms with Crippen LogP contribution < -0.4 is 5.46 Å². The fourth-order valence-electron chi connectivity index (χ4n) is 1.31. The Bertz CT molecular complexity index is 397. The van der Waals surface area contributed by atoms with E-state index in [1.54, 1.807) is 12.1 Å². The van der Waals surface area contributed by atoms with E-state index < -0.39 is 7.12 Å². The van der Waals surface area contributed by atoms with Crippen LogP contribution in [-0.2, 0) is 0 Å². The van der Waals surface area contributed by atoms with Crippen LogP contribution in [0.5, 0.6) is 0 Å². The Morgan fingerprint density at radius 1 is 1.08 bits per heavy atom. The van der Waals surface area contributed by atoms with E-state index in [4.69, 9.17) is 10.0 Å². The Kier molecular flexibility index (Phi) is 1.64. The molecule has 12 heavy (non-hydrogen) atoms. The fourth-order valence-corrected chi connectivity index (χ4v) is 1.31. The quantitative estimate of drug-likeness (QED) is 0.560. The molecular weight excluding hydrogens is 153 g/mol. The molecule has 0 aliphatic rings. The first-order valence-electron chi connectivity index (χ1n) is 3.71. The monoisotopic (exact) mass is 161 g/mol. The summed E-state index contributed by atoms with van der Waals surface area (Å²) in [5.74, 6) is 0. The standard InChI is InChI=1S/C8H8BNO2/c11-9(12)7-3-1-5-10-6-2-4-8(7)10/h1-6,11-12H. The predicted molar refractivity (Wildman–Crippen MR) is 47.2 cm³/mol. The van der Waals surface area contributed by atoms with Gasteiger partial charge in [0.15, 0.2) is 0 Å². The Morgan fingerprint density at radius 3 is 2.42 bits per heavy atom. The van der Waals surface area contributed by atoms with Gasteiger partial charge in [-0.25, -0.2) is 0 Å². The van der Waals surface area contributed by atoms with Crippen LogP contribution in [0, 0.1) is 0 Å². The molecule has 60 valence electrons. The van der Waals surface area contributed by atoms with Crippen molar-refractivity contribution in [3.8, 4) is 0 Å². The Morgan fingerprint density at radius 2 is 1.75 bits per heavy atom. The van der Waals surface area contributed by atoms with Crippen LogP contribution in [0.15, 0.2) is 36.7 Å². The summed E-state index contributed by atoms with van der Waals surface area (Å²) in [6.07, 6.45) is 3.72. The zero-order valence-electron chi connectivity index (χ0n) is 6.38. The molecule has 0 unspecified atom stereocenters. The molecule has 0 aliphatic heterocycles. The third-order valence-electron chi connectivity index (χ3n) is 1.88. The summed E-state index contributed by atoms with van der Waals surface area (Å²) in [4.78, 5) is 0. The average Bonchev–Trinajstić information content (AvgIpc) is 2.49. The zero-order chi connectivity index (χ0) is 8.55. The molecular formula is C8H8BNO2. The molecule has 0 aromatic carbocycles. The second-order valence-electron chi connectivity index (χ2n) is 2.64. The number of hydrogen-bond donors (Lipinski definition) is 2. The van der Waals surface area contributed by atoms with Crippen molar-refractivity contribution in [3.63, 3.8) is 0 Å². The highest BCUT2D eigenvalue weighted by molar-refractivity contribution is 6.61. The minimum atomic E-state index is -1.40. The van der Waals surface area contributed by atoms with Crippen LogP contribution in [0.3, 0.4) is 0 Å². The third kappa shape index (κ3) is 1.01. The molecule has 0 saturated heterocycles. The topological polar surface area (TPSA) is 44.9 Å². The summed E-state index contributed by atoms with van der Waals surface area (Å²) in [5.41, 5.74) is 1.36. The highest BCUT2D eigenvalue weighted by Crippen LogP contribution is 2.00. The van der Waals surface area contributed by atoms with Crippen LogP contribution in [0.2, 0.25) is 0 Å². The van der Waals surface area contributed by atoms with Gasteiger partial charge in [0.2, 0.25) is 0 Å². The van der Waals surface area contributed by atoms with Gasteiger partial charge in [0.05, 0.1) is 0 Å². The van der Waals surface area contributed by atoms with Gasteiger partial charge in [-0.2, -0.15) is 0 Å². The van der Waals surface area contributed by atoms with Gasteiger partial charge in [0.25, 0.3) is 0 Å². The van der Waals surface area contributed by atoms with Gasteiger partial charge in [-0.05, 0) is 18.2 Å². The van der Waals surface area contributed by atoms with Gasteiger partial charge in [-0.15, -0.1) is 0 Å². The van der Waals surface area contributed by atoms with Crippen LogP contribution in [0.1, 0.15) is 0 Å². The molecule has 2 heterocycles. The third-order valence-corrected chi connectivity index (χ3v) is 1.88. The summed E-state index contributed by atoms with van der Waals surface area (Å²) in [6.45, 7) is 0. The first-order chi connectivity index (χ1) is 5.79. The van der Waals surface area contributed by atoms with Gasteiger partial charge in [0, 0.05) is 23.4 Å². The van der Waals surface area contributed by atoms with Crippen molar-refractivity contribution in [2.45, 2.75) is 0 Å². The Hall–Kier alpha value is -1.26. The van der Waals surface area contributed by atoms with Crippen molar-refractivity contribution in [2.75, 3.05) is 0 Å². The van der Waals surface area contributed by atoms with E-state index in [0.717, 1.165) is 5.52 Å². The summed E-state index contributed by atoms with van der Waals surface area (Å²) in [6, 6.07) is 7.18. The summed E-state index contributed by atoms with van der Waals surface area (Å²) >= 11 is 0. The van der Waals surface area contributed by atoms with Gasteiger partial charge in [-0.3, -0.25) is 0 Å². The average molecular weight is 161 g/mol. The fraction of sp³-hybridized carbons (Fsp3) is 0. The zero-order valence-corrected chi connectivity index (χ0v) is 6.38. The molecule has 3 nitrogen and oxygen atoms in total. The summed E-state index contributed by atoms with van der Waals surface area (Å²) in [5, 5.41) is 18.0. The van der Waals surface area contributed by atoms with Gasteiger partial charge >= 0.3 is 7.12 Å². The second kappa shape index (κ2) is 2.66. The maximum absolute atomic E-state index is 8.98. The summed E-state index contributed by atoms with van der Waals surface area (Å²) < 4.78 is 1.84. The van der Waals surface area contributed by atoms with Crippen molar-refractivity contribution in [1.29, 1.82) is 0 Å². The number of rotatable bonds is 1. The molecule has 0 saturated carbocycles. The maximum atomic E-state index is 8.98. The van der Waals surface area contributed by atoms with Crippen molar-refractivity contribution in [2.24, 2.45) is 0 Å². The normalized spacial score (nSPS) is 10.5. The van der Waals surface area contributed by atoms with E-state index in [2.05, 4.69) is 0 Å². The SMILES string of the molecule is OB(O)c1cccn2cccc12. The lowest BCUT2D eigenvalue weighted by molar-refractivity contribution is 0.426. The smallest absolute Gasteiger partial charge is 0.423 e. The molecule has 2 aromatic rings. The summed E-state index contributed by atoms with van der Waals surface area (Å²) in [7, 11) is -1.40. The van der Waals surface area contributed by atoms with E-state index in [9.17, 15) is 0 Å². The molecule has 0 fully saturated rings. The van der Waals surface area contributed by atoms with Crippen molar-refractivity contribution in [3.05, 3.63) is 36.7 Å². The van der Waals surface area contributed by atoms with Crippen molar-refractivity contribution in [1.82, 2.24) is 4.40 Å². The lowest BCUT2D eigenvalue weighted by atomic mass is 9.80. The minimum absolute atomic E-state index is 0.530. The molecule has 0 amide bonds. The van der Waals surface area contributed by atoms with E-state index in [1.807, 2.05) is 28.9 Å². The first kappa shape index (κ1) is 7.40.